The maximum Gasteiger partial charge on any atom is 0.408 e. The van der Waals surface area contributed by atoms with Gasteiger partial charge in [0, 0.05) is 0 Å². The molecule has 0 unspecified atom stereocenters. The van der Waals surface area contributed by atoms with Gasteiger partial charge in [-0.3, -0.25) is 0 Å². The zero-order valence-electron chi connectivity index (χ0n) is 10.1. The molecule has 1 rings (SSSR count). The molecule has 0 heterocycles. The number of ether oxygens (including phenoxy) is 1. The Bertz CT molecular complexity index is 411. The van der Waals surface area contributed by atoms with Crippen LogP contribution in [0.2, 0.25) is 0 Å². The fourth-order valence-electron chi connectivity index (χ4n) is 1.18. The molecule has 1 aromatic rings. The summed E-state index contributed by atoms with van der Waals surface area (Å²) in [7, 11) is 0. The van der Waals surface area contributed by atoms with Crippen molar-refractivity contribution < 1.29 is 9.53 Å². The molecule has 0 bridgehead atoms. The molecule has 90 valence electrons. The molecular weight excluding hydrogens is 216 g/mol. The van der Waals surface area contributed by atoms with Crippen LogP contribution in [0.5, 0.6) is 0 Å². The summed E-state index contributed by atoms with van der Waals surface area (Å²) >= 11 is 0. The van der Waals surface area contributed by atoms with E-state index < -0.39 is 11.6 Å². The van der Waals surface area contributed by atoms with Crippen molar-refractivity contribution in [3.63, 3.8) is 0 Å². The first-order valence-corrected chi connectivity index (χ1v) is 5.50. The highest BCUT2D eigenvalue weighted by molar-refractivity contribution is 5.68. The van der Waals surface area contributed by atoms with E-state index in [0.29, 0.717) is 6.42 Å². The number of nitrogens with one attached hydrogen (secondary N) is 1. The number of carbonyl (C=O) groups excluding carboxylic acids is 1. The minimum absolute atomic E-state index is 0.206. The minimum Gasteiger partial charge on any atom is -0.445 e. The molecule has 1 aromatic carbocycles. The van der Waals surface area contributed by atoms with E-state index >= 15 is 0 Å². The van der Waals surface area contributed by atoms with Crippen LogP contribution in [0.25, 0.3) is 0 Å². The summed E-state index contributed by atoms with van der Waals surface area (Å²) in [5.74, 6) is 0. The standard InChI is InChI=1S/C13H16N2O2/c1-3-13(2,10-14)15-12(16)17-9-11-7-5-4-6-8-11/h4-8H,3,9H2,1-2H3,(H,15,16)/t13-/m1/s1. The highest BCUT2D eigenvalue weighted by Crippen LogP contribution is 2.08. The normalized spacial score (nSPS) is 13.2. The first-order valence-electron chi connectivity index (χ1n) is 5.50. The van der Waals surface area contributed by atoms with Crippen LogP contribution in [0.1, 0.15) is 25.8 Å². The Balaban J connectivity index is 2.44. The molecule has 0 aliphatic carbocycles. The minimum atomic E-state index is -0.867. The number of carbonyl (C=O) groups is 1. The number of alkyl carbamates (subject to hydrolysis) is 1. The third-order valence-electron chi connectivity index (χ3n) is 2.54. The van der Waals surface area contributed by atoms with Gasteiger partial charge in [0.1, 0.15) is 12.1 Å². The second kappa shape index (κ2) is 5.90. The van der Waals surface area contributed by atoms with Crippen molar-refractivity contribution in [2.24, 2.45) is 0 Å². The van der Waals surface area contributed by atoms with Gasteiger partial charge in [-0.05, 0) is 18.9 Å². The fourth-order valence-corrected chi connectivity index (χ4v) is 1.18. The van der Waals surface area contributed by atoms with E-state index in [1.807, 2.05) is 43.3 Å². The topological polar surface area (TPSA) is 62.1 Å². The summed E-state index contributed by atoms with van der Waals surface area (Å²) in [6.07, 6.45) is -0.0380. The van der Waals surface area contributed by atoms with Gasteiger partial charge in [0.15, 0.2) is 0 Å². The van der Waals surface area contributed by atoms with E-state index in [4.69, 9.17) is 10.00 Å². The Morgan fingerprint density at radius 1 is 1.47 bits per heavy atom. The van der Waals surface area contributed by atoms with Crippen molar-refractivity contribution in [1.29, 1.82) is 5.26 Å². The zero-order chi connectivity index (χ0) is 12.7. The van der Waals surface area contributed by atoms with Crippen LogP contribution in [0, 0.1) is 11.3 Å². The van der Waals surface area contributed by atoms with Crippen LogP contribution >= 0.6 is 0 Å². The van der Waals surface area contributed by atoms with Gasteiger partial charge < -0.3 is 10.1 Å². The van der Waals surface area contributed by atoms with Crippen LogP contribution < -0.4 is 5.32 Å². The highest BCUT2D eigenvalue weighted by Gasteiger charge is 2.24. The predicted octanol–water partition coefficient (Wildman–Crippen LogP) is 2.61. The zero-order valence-corrected chi connectivity index (χ0v) is 10.1. The first kappa shape index (κ1) is 13.0. The number of nitrogens with zero attached hydrogens (tertiary/aromatic N) is 1. The van der Waals surface area contributed by atoms with Crippen molar-refractivity contribution in [2.45, 2.75) is 32.4 Å². The summed E-state index contributed by atoms with van der Waals surface area (Å²) in [4.78, 5) is 11.5. The van der Waals surface area contributed by atoms with Gasteiger partial charge in [0.2, 0.25) is 0 Å². The maximum atomic E-state index is 11.5. The van der Waals surface area contributed by atoms with Crippen molar-refractivity contribution >= 4 is 6.09 Å². The molecule has 0 aromatic heterocycles. The number of rotatable bonds is 4. The van der Waals surface area contributed by atoms with Crippen molar-refractivity contribution in [1.82, 2.24) is 5.32 Å². The Kier molecular flexibility index (Phi) is 4.53. The monoisotopic (exact) mass is 232 g/mol. The van der Waals surface area contributed by atoms with Crippen LogP contribution in [-0.4, -0.2) is 11.6 Å². The molecule has 1 N–H and O–H groups in total. The molecule has 0 radical (unpaired) electrons. The number of hydrogen-bond acceptors (Lipinski definition) is 3. The summed E-state index contributed by atoms with van der Waals surface area (Å²) in [5, 5.41) is 11.4. The van der Waals surface area contributed by atoms with Crippen molar-refractivity contribution in [2.75, 3.05) is 0 Å². The lowest BCUT2D eigenvalue weighted by atomic mass is 10.0. The largest absolute Gasteiger partial charge is 0.445 e. The fraction of sp³-hybridized carbons (Fsp3) is 0.385. The average molecular weight is 232 g/mol. The molecule has 4 heteroatoms. The van der Waals surface area contributed by atoms with Crippen LogP contribution in [-0.2, 0) is 11.3 Å². The molecule has 0 aliphatic rings. The van der Waals surface area contributed by atoms with E-state index in [1.165, 1.54) is 0 Å². The molecule has 0 aliphatic heterocycles. The quantitative estimate of drug-likeness (QED) is 0.867. The number of nitriles is 1. The Hall–Kier alpha value is -2.02. The van der Waals surface area contributed by atoms with Crippen molar-refractivity contribution in [3.8, 4) is 6.07 Å². The van der Waals surface area contributed by atoms with Crippen molar-refractivity contribution in [3.05, 3.63) is 35.9 Å². The third-order valence-corrected chi connectivity index (χ3v) is 2.54. The predicted molar refractivity (Wildman–Crippen MR) is 64.1 cm³/mol. The Morgan fingerprint density at radius 3 is 2.65 bits per heavy atom. The van der Waals surface area contributed by atoms with Gasteiger partial charge in [-0.25, -0.2) is 4.79 Å². The van der Waals surface area contributed by atoms with Gasteiger partial charge in [0.05, 0.1) is 6.07 Å². The lowest BCUT2D eigenvalue weighted by Gasteiger charge is -2.20. The molecule has 0 fully saturated rings. The van der Waals surface area contributed by atoms with E-state index in [1.54, 1.807) is 6.92 Å². The number of benzene rings is 1. The molecule has 0 saturated heterocycles. The van der Waals surface area contributed by atoms with Crippen LogP contribution in [0.4, 0.5) is 4.79 Å². The molecule has 17 heavy (non-hydrogen) atoms. The highest BCUT2D eigenvalue weighted by atomic mass is 16.5. The van der Waals surface area contributed by atoms with Gasteiger partial charge in [-0.2, -0.15) is 5.26 Å². The SMILES string of the molecule is CC[C@](C)(C#N)NC(=O)OCc1ccccc1. The Labute approximate surface area is 101 Å². The average Bonchev–Trinajstić information content (AvgIpc) is 2.37. The van der Waals surface area contributed by atoms with Gasteiger partial charge >= 0.3 is 6.09 Å². The molecule has 0 saturated carbocycles. The lowest BCUT2D eigenvalue weighted by Crippen LogP contribution is -2.44. The third kappa shape index (κ3) is 4.15. The summed E-state index contributed by atoms with van der Waals surface area (Å²) in [6.45, 7) is 3.70. The molecule has 1 amide bonds. The molecular formula is C13H16N2O2. The van der Waals surface area contributed by atoms with E-state index in [9.17, 15) is 4.79 Å². The first-order chi connectivity index (χ1) is 8.09. The smallest absolute Gasteiger partial charge is 0.408 e. The van der Waals surface area contributed by atoms with E-state index in [2.05, 4.69) is 5.32 Å². The molecule has 0 spiro atoms. The van der Waals surface area contributed by atoms with E-state index in [-0.39, 0.29) is 6.61 Å². The maximum absolute atomic E-state index is 11.5. The lowest BCUT2D eigenvalue weighted by molar-refractivity contribution is 0.132. The summed E-state index contributed by atoms with van der Waals surface area (Å²) in [6, 6.07) is 11.4. The Morgan fingerprint density at radius 2 is 2.12 bits per heavy atom. The second-order valence-electron chi connectivity index (χ2n) is 3.98. The molecule has 1 atom stereocenters. The second-order valence-corrected chi connectivity index (χ2v) is 3.98. The van der Waals surface area contributed by atoms with Gasteiger partial charge in [-0.15, -0.1) is 0 Å². The van der Waals surface area contributed by atoms with Gasteiger partial charge in [0.25, 0.3) is 0 Å². The number of hydrogen-bond donors (Lipinski definition) is 1. The number of amides is 1. The van der Waals surface area contributed by atoms with E-state index in [0.717, 1.165) is 5.56 Å². The summed E-state index contributed by atoms with van der Waals surface area (Å²) < 4.78 is 5.03. The van der Waals surface area contributed by atoms with Gasteiger partial charge in [-0.1, -0.05) is 37.3 Å². The van der Waals surface area contributed by atoms with Crippen LogP contribution in [0.3, 0.4) is 0 Å². The van der Waals surface area contributed by atoms with Crippen LogP contribution in [0.15, 0.2) is 30.3 Å². The molecule has 4 nitrogen and oxygen atoms in total. The summed E-state index contributed by atoms with van der Waals surface area (Å²) in [5.41, 5.74) is 0.0473.